The maximum atomic E-state index is 5.99. The van der Waals surface area contributed by atoms with Crippen LogP contribution < -0.4 is 10.1 Å². The van der Waals surface area contributed by atoms with Crippen LogP contribution in [-0.4, -0.2) is 11.5 Å². The summed E-state index contributed by atoms with van der Waals surface area (Å²) in [4.78, 5) is 4.46. The van der Waals surface area contributed by atoms with Crippen LogP contribution in [0.5, 0.6) is 11.5 Å². The molecule has 0 aliphatic carbocycles. The number of hydrogen-bond acceptors (Lipinski definition) is 3. The first-order chi connectivity index (χ1) is 10.1. The first-order valence-electron chi connectivity index (χ1n) is 7.23. The standard InChI is InChI=1S/C17H21ClN2O/c1-4-9-19-13(3)16-8-7-15(11-20-16)21-17-10-14(18)6-5-12(17)2/h5-8,10-11,13,19H,4,9H2,1-3H3. The van der Waals surface area contributed by atoms with Crippen LogP contribution in [0.3, 0.4) is 0 Å². The molecule has 1 heterocycles. The summed E-state index contributed by atoms with van der Waals surface area (Å²) in [7, 11) is 0. The lowest BCUT2D eigenvalue weighted by atomic mass is 10.2. The van der Waals surface area contributed by atoms with Crippen LogP contribution >= 0.6 is 11.6 Å². The molecule has 0 bridgehead atoms. The fourth-order valence-electron chi connectivity index (χ4n) is 1.98. The summed E-state index contributed by atoms with van der Waals surface area (Å²) < 4.78 is 5.84. The quantitative estimate of drug-likeness (QED) is 0.824. The van der Waals surface area contributed by atoms with E-state index in [1.165, 1.54) is 0 Å². The van der Waals surface area contributed by atoms with Crippen LogP contribution in [0.1, 0.15) is 37.6 Å². The van der Waals surface area contributed by atoms with Crippen molar-refractivity contribution in [2.24, 2.45) is 0 Å². The van der Waals surface area contributed by atoms with E-state index < -0.39 is 0 Å². The van der Waals surface area contributed by atoms with Gasteiger partial charge < -0.3 is 10.1 Å². The Morgan fingerprint density at radius 3 is 2.76 bits per heavy atom. The van der Waals surface area contributed by atoms with Gasteiger partial charge in [-0.15, -0.1) is 0 Å². The van der Waals surface area contributed by atoms with Gasteiger partial charge in [-0.3, -0.25) is 4.98 Å². The van der Waals surface area contributed by atoms with E-state index in [4.69, 9.17) is 16.3 Å². The van der Waals surface area contributed by atoms with Crippen molar-refractivity contribution >= 4 is 11.6 Å². The van der Waals surface area contributed by atoms with Gasteiger partial charge in [-0.2, -0.15) is 0 Å². The zero-order valence-corrected chi connectivity index (χ0v) is 13.4. The predicted octanol–water partition coefficient (Wildman–Crippen LogP) is 4.90. The number of ether oxygens (including phenoxy) is 1. The molecule has 0 amide bonds. The molecular formula is C17H21ClN2O. The SMILES string of the molecule is CCCNC(C)c1ccc(Oc2cc(Cl)ccc2C)cn1. The molecular weight excluding hydrogens is 284 g/mol. The molecule has 1 unspecified atom stereocenters. The average molecular weight is 305 g/mol. The molecule has 0 aliphatic heterocycles. The molecule has 1 atom stereocenters. The van der Waals surface area contributed by atoms with Gasteiger partial charge in [0.15, 0.2) is 0 Å². The number of pyridine rings is 1. The monoisotopic (exact) mass is 304 g/mol. The molecule has 1 aromatic heterocycles. The third-order valence-corrected chi connectivity index (χ3v) is 3.52. The number of benzene rings is 1. The highest BCUT2D eigenvalue weighted by Crippen LogP contribution is 2.27. The highest BCUT2D eigenvalue weighted by molar-refractivity contribution is 6.30. The maximum Gasteiger partial charge on any atom is 0.145 e. The zero-order valence-electron chi connectivity index (χ0n) is 12.7. The Morgan fingerprint density at radius 2 is 2.10 bits per heavy atom. The van der Waals surface area contributed by atoms with E-state index in [2.05, 4.69) is 24.1 Å². The van der Waals surface area contributed by atoms with Crippen molar-refractivity contribution in [1.82, 2.24) is 10.3 Å². The van der Waals surface area contributed by atoms with E-state index in [0.717, 1.165) is 30.0 Å². The van der Waals surface area contributed by atoms with Gasteiger partial charge in [-0.25, -0.2) is 0 Å². The van der Waals surface area contributed by atoms with Crippen molar-refractivity contribution in [3.05, 3.63) is 52.8 Å². The van der Waals surface area contributed by atoms with Crippen LogP contribution in [0, 0.1) is 6.92 Å². The third-order valence-electron chi connectivity index (χ3n) is 3.28. The Labute approximate surface area is 131 Å². The second-order valence-corrected chi connectivity index (χ2v) is 5.54. The van der Waals surface area contributed by atoms with Gasteiger partial charge in [0, 0.05) is 11.1 Å². The van der Waals surface area contributed by atoms with Gasteiger partial charge >= 0.3 is 0 Å². The van der Waals surface area contributed by atoms with Crippen molar-refractivity contribution in [2.75, 3.05) is 6.54 Å². The van der Waals surface area contributed by atoms with Gasteiger partial charge in [0.05, 0.1) is 11.9 Å². The Balaban J connectivity index is 2.07. The molecule has 3 nitrogen and oxygen atoms in total. The third kappa shape index (κ3) is 4.45. The molecule has 112 valence electrons. The van der Waals surface area contributed by atoms with Crippen LogP contribution in [0.15, 0.2) is 36.5 Å². The fraction of sp³-hybridized carbons (Fsp3) is 0.353. The van der Waals surface area contributed by atoms with Crippen molar-refractivity contribution in [3.8, 4) is 11.5 Å². The molecule has 0 saturated carbocycles. The van der Waals surface area contributed by atoms with Crippen LogP contribution in [-0.2, 0) is 0 Å². The lowest BCUT2D eigenvalue weighted by Gasteiger charge is -2.13. The second kappa shape index (κ2) is 7.43. The fourth-order valence-corrected chi connectivity index (χ4v) is 2.15. The number of hydrogen-bond donors (Lipinski definition) is 1. The topological polar surface area (TPSA) is 34.1 Å². The number of nitrogens with zero attached hydrogens (tertiary/aromatic N) is 1. The molecule has 0 saturated heterocycles. The minimum Gasteiger partial charge on any atom is -0.455 e. The summed E-state index contributed by atoms with van der Waals surface area (Å²) in [5, 5.41) is 4.08. The number of aryl methyl sites for hydroxylation is 1. The minimum atomic E-state index is 0.243. The number of rotatable bonds is 6. The van der Waals surface area contributed by atoms with Gasteiger partial charge in [-0.1, -0.05) is 24.6 Å². The van der Waals surface area contributed by atoms with E-state index in [1.54, 1.807) is 6.20 Å². The molecule has 2 aromatic rings. The summed E-state index contributed by atoms with van der Waals surface area (Å²) >= 11 is 5.99. The van der Waals surface area contributed by atoms with Crippen molar-refractivity contribution in [3.63, 3.8) is 0 Å². The first kappa shape index (κ1) is 15.8. The Kier molecular flexibility index (Phi) is 5.59. The van der Waals surface area contributed by atoms with E-state index in [0.29, 0.717) is 10.8 Å². The van der Waals surface area contributed by atoms with E-state index in [9.17, 15) is 0 Å². The lowest BCUT2D eigenvalue weighted by Crippen LogP contribution is -2.20. The van der Waals surface area contributed by atoms with Crippen molar-refractivity contribution in [2.45, 2.75) is 33.2 Å². The molecule has 21 heavy (non-hydrogen) atoms. The Bertz CT molecular complexity index is 584. The first-order valence-corrected chi connectivity index (χ1v) is 7.61. The summed E-state index contributed by atoms with van der Waals surface area (Å²) in [5.74, 6) is 1.47. The predicted molar refractivity (Wildman–Crippen MR) is 87.2 cm³/mol. The molecule has 1 N–H and O–H groups in total. The lowest BCUT2D eigenvalue weighted by molar-refractivity contribution is 0.474. The number of halogens is 1. The normalized spacial score (nSPS) is 12.2. The number of nitrogens with one attached hydrogen (secondary N) is 1. The summed E-state index contributed by atoms with van der Waals surface area (Å²) in [5.41, 5.74) is 2.06. The summed E-state index contributed by atoms with van der Waals surface area (Å²) in [6.07, 6.45) is 2.86. The molecule has 0 fully saturated rings. The second-order valence-electron chi connectivity index (χ2n) is 5.11. The van der Waals surface area contributed by atoms with Crippen LogP contribution in [0.4, 0.5) is 0 Å². The minimum absolute atomic E-state index is 0.243. The largest absolute Gasteiger partial charge is 0.455 e. The van der Waals surface area contributed by atoms with Gasteiger partial charge in [0.25, 0.3) is 0 Å². The Hall–Kier alpha value is -1.58. The van der Waals surface area contributed by atoms with Gasteiger partial charge in [0.1, 0.15) is 11.5 Å². The van der Waals surface area contributed by atoms with Gasteiger partial charge in [0.2, 0.25) is 0 Å². The van der Waals surface area contributed by atoms with E-state index in [1.807, 2.05) is 37.3 Å². The van der Waals surface area contributed by atoms with Crippen LogP contribution in [0.2, 0.25) is 5.02 Å². The van der Waals surface area contributed by atoms with E-state index >= 15 is 0 Å². The van der Waals surface area contributed by atoms with Crippen LogP contribution in [0.25, 0.3) is 0 Å². The molecule has 0 radical (unpaired) electrons. The summed E-state index contributed by atoms with van der Waals surface area (Å²) in [6.45, 7) is 7.24. The molecule has 2 rings (SSSR count). The molecule has 0 aliphatic rings. The van der Waals surface area contributed by atoms with E-state index in [-0.39, 0.29) is 6.04 Å². The van der Waals surface area contributed by atoms with Crippen molar-refractivity contribution < 1.29 is 4.74 Å². The summed E-state index contributed by atoms with van der Waals surface area (Å²) in [6, 6.07) is 9.78. The Morgan fingerprint density at radius 1 is 1.29 bits per heavy atom. The highest BCUT2D eigenvalue weighted by Gasteiger charge is 2.07. The zero-order chi connectivity index (χ0) is 15.2. The smallest absolute Gasteiger partial charge is 0.145 e. The molecule has 1 aromatic carbocycles. The maximum absolute atomic E-state index is 5.99. The number of aromatic nitrogens is 1. The van der Waals surface area contributed by atoms with Gasteiger partial charge in [-0.05, 0) is 56.6 Å². The molecule has 0 spiro atoms. The highest BCUT2D eigenvalue weighted by atomic mass is 35.5. The average Bonchev–Trinajstić information content (AvgIpc) is 2.49. The van der Waals surface area contributed by atoms with Crippen molar-refractivity contribution in [1.29, 1.82) is 0 Å². The molecule has 4 heteroatoms.